The summed E-state index contributed by atoms with van der Waals surface area (Å²) in [6.07, 6.45) is 0.692. The lowest BCUT2D eigenvalue weighted by Crippen LogP contribution is -2.54. The molecule has 0 heterocycles. The molecule has 39 heavy (non-hydrogen) atoms. The van der Waals surface area contributed by atoms with Crippen LogP contribution in [0.25, 0.3) is 0 Å². The van der Waals surface area contributed by atoms with E-state index >= 15 is 0 Å². The topological polar surface area (TPSA) is 49.4 Å². The molecule has 200 valence electrons. The zero-order chi connectivity index (χ0) is 27.7. The molecule has 4 heteroatoms. The van der Waals surface area contributed by atoms with Crippen LogP contribution in [-0.4, -0.2) is 28.3 Å². The lowest BCUT2D eigenvalue weighted by Gasteiger charge is -2.34. The van der Waals surface area contributed by atoms with Gasteiger partial charge in [0.1, 0.15) is 6.04 Å². The van der Waals surface area contributed by atoms with E-state index in [2.05, 4.69) is 29.6 Å². The Labute approximate surface area is 232 Å². The third kappa shape index (κ3) is 8.15. The van der Waals surface area contributed by atoms with E-state index in [1.54, 1.807) is 4.90 Å². The fourth-order valence-electron chi connectivity index (χ4n) is 4.88. The molecule has 0 saturated heterocycles. The van der Waals surface area contributed by atoms with E-state index in [1.807, 2.05) is 118 Å². The van der Waals surface area contributed by atoms with E-state index in [0.717, 1.165) is 22.3 Å². The smallest absolute Gasteiger partial charge is 0.243 e. The number of rotatable bonds is 10. The van der Waals surface area contributed by atoms with E-state index < -0.39 is 11.6 Å². The number of hydrogen-bond acceptors (Lipinski definition) is 2. The fourth-order valence-corrected chi connectivity index (χ4v) is 4.88. The Morgan fingerprint density at radius 2 is 1.10 bits per heavy atom. The van der Waals surface area contributed by atoms with Crippen LogP contribution in [0, 0.1) is 0 Å². The van der Waals surface area contributed by atoms with E-state index in [1.165, 1.54) is 0 Å². The molecule has 0 aromatic heterocycles. The van der Waals surface area contributed by atoms with Gasteiger partial charge in [-0.1, -0.05) is 121 Å². The maximum Gasteiger partial charge on any atom is 0.243 e. The van der Waals surface area contributed by atoms with Crippen molar-refractivity contribution in [2.24, 2.45) is 0 Å². The first-order chi connectivity index (χ1) is 18.8. The average Bonchev–Trinajstić information content (AvgIpc) is 2.94. The van der Waals surface area contributed by atoms with Gasteiger partial charge >= 0.3 is 0 Å². The summed E-state index contributed by atoms with van der Waals surface area (Å²) < 4.78 is 0. The molecule has 0 aliphatic rings. The number of nitrogens with zero attached hydrogens (tertiary/aromatic N) is 1. The zero-order valence-electron chi connectivity index (χ0n) is 23.1. The number of carbonyl (C=O) groups is 2. The molecule has 2 amide bonds. The molecule has 0 saturated carbocycles. The molecule has 0 fully saturated rings. The van der Waals surface area contributed by atoms with Gasteiger partial charge in [-0.2, -0.15) is 0 Å². The molecular weight excluding hydrogens is 480 g/mol. The molecule has 4 nitrogen and oxygen atoms in total. The minimum Gasteiger partial charge on any atom is -0.350 e. The second-order valence-corrected chi connectivity index (χ2v) is 11.0. The van der Waals surface area contributed by atoms with E-state index in [0.29, 0.717) is 13.0 Å². The molecule has 0 bridgehead atoms. The lowest BCUT2D eigenvalue weighted by molar-refractivity contribution is -0.142. The molecule has 0 aliphatic carbocycles. The van der Waals surface area contributed by atoms with Gasteiger partial charge in [0.05, 0.1) is 0 Å². The molecule has 1 atom stereocenters. The van der Waals surface area contributed by atoms with Gasteiger partial charge in [0, 0.05) is 30.8 Å². The summed E-state index contributed by atoms with van der Waals surface area (Å²) >= 11 is 0. The highest BCUT2D eigenvalue weighted by Crippen LogP contribution is 2.30. The van der Waals surface area contributed by atoms with Crippen molar-refractivity contribution in [3.05, 3.63) is 144 Å². The monoisotopic (exact) mass is 518 g/mol. The summed E-state index contributed by atoms with van der Waals surface area (Å²) in [5.74, 6) is -0.325. The minimum atomic E-state index is -0.661. The highest BCUT2D eigenvalue weighted by Gasteiger charge is 2.33. The summed E-state index contributed by atoms with van der Waals surface area (Å²) in [6, 6.07) is 39.5. The third-order valence-electron chi connectivity index (χ3n) is 6.75. The highest BCUT2D eigenvalue weighted by molar-refractivity contribution is 5.88. The fraction of sp³-hybridized carbons (Fsp3) is 0.257. The van der Waals surface area contributed by atoms with Crippen LogP contribution in [0.15, 0.2) is 121 Å². The Hall–Kier alpha value is -4.18. The average molecular weight is 519 g/mol. The maximum absolute atomic E-state index is 14.4. The van der Waals surface area contributed by atoms with E-state index in [9.17, 15) is 9.59 Å². The van der Waals surface area contributed by atoms with E-state index in [4.69, 9.17) is 0 Å². The van der Waals surface area contributed by atoms with Gasteiger partial charge in [0.2, 0.25) is 11.8 Å². The number of hydrogen-bond donors (Lipinski definition) is 1. The highest BCUT2D eigenvalue weighted by atomic mass is 16.2. The number of benzene rings is 4. The quantitative estimate of drug-likeness (QED) is 0.252. The van der Waals surface area contributed by atoms with Crippen LogP contribution in [0.5, 0.6) is 0 Å². The van der Waals surface area contributed by atoms with Gasteiger partial charge in [-0.15, -0.1) is 0 Å². The Balaban J connectivity index is 1.73. The van der Waals surface area contributed by atoms with Gasteiger partial charge < -0.3 is 10.2 Å². The van der Waals surface area contributed by atoms with Crippen molar-refractivity contribution >= 4 is 11.8 Å². The first kappa shape index (κ1) is 27.8. The summed E-state index contributed by atoms with van der Waals surface area (Å²) in [7, 11) is 0. The van der Waals surface area contributed by atoms with Gasteiger partial charge in [-0.25, -0.2) is 0 Å². The van der Waals surface area contributed by atoms with Crippen LogP contribution in [-0.2, 0) is 22.6 Å². The Morgan fingerprint density at radius 1 is 0.667 bits per heavy atom. The Morgan fingerprint density at radius 3 is 1.56 bits per heavy atom. The third-order valence-corrected chi connectivity index (χ3v) is 6.75. The number of nitrogens with one attached hydrogen (secondary N) is 1. The van der Waals surface area contributed by atoms with E-state index in [-0.39, 0.29) is 24.2 Å². The van der Waals surface area contributed by atoms with Crippen molar-refractivity contribution in [2.45, 2.75) is 57.7 Å². The van der Waals surface area contributed by atoms with Crippen LogP contribution in [0.1, 0.15) is 55.4 Å². The minimum absolute atomic E-state index is 0.0541. The molecule has 0 spiro atoms. The maximum atomic E-state index is 14.4. The predicted octanol–water partition coefficient (Wildman–Crippen LogP) is 6.76. The van der Waals surface area contributed by atoms with Crippen molar-refractivity contribution < 1.29 is 9.59 Å². The second-order valence-electron chi connectivity index (χ2n) is 11.0. The van der Waals surface area contributed by atoms with Crippen LogP contribution >= 0.6 is 0 Å². The summed E-state index contributed by atoms with van der Waals surface area (Å²) in [5, 5.41) is 3.14. The first-order valence-electron chi connectivity index (χ1n) is 13.6. The Kier molecular flexibility index (Phi) is 9.32. The normalized spacial score (nSPS) is 12.1. The van der Waals surface area contributed by atoms with Crippen molar-refractivity contribution in [1.82, 2.24) is 10.2 Å². The van der Waals surface area contributed by atoms with Gasteiger partial charge in [0.25, 0.3) is 0 Å². The zero-order valence-corrected chi connectivity index (χ0v) is 23.1. The van der Waals surface area contributed by atoms with Crippen LogP contribution in [0.3, 0.4) is 0 Å². The molecule has 4 aromatic carbocycles. The number of amides is 2. The Bertz CT molecular complexity index is 1280. The summed E-state index contributed by atoms with van der Waals surface area (Å²) in [5.41, 5.74) is 3.74. The van der Waals surface area contributed by atoms with Crippen molar-refractivity contribution in [3.8, 4) is 0 Å². The van der Waals surface area contributed by atoms with Crippen LogP contribution in [0.4, 0.5) is 0 Å². The van der Waals surface area contributed by atoms with Crippen molar-refractivity contribution in [2.75, 3.05) is 0 Å². The van der Waals surface area contributed by atoms with Crippen molar-refractivity contribution in [3.63, 3.8) is 0 Å². The van der Waals surface area contributed by atoms with Gasteiger partial charge in [-0.3, -0.25) is 9.59 Å². The number of carbonyl (C=O) groups excluding carboxylic acids is 2. The largest absolute Gasteiger partial charge is 0.350 e. The molecule has 0 aliphatic heterocycles. The van der Waals surface area contributed by atoms with Crippen molar-refractivity contribution in [1.29, 1.82) is 0 Å². The second kappa shape index (κ2) is 13.1. The lowest BCUT2D eigenvalue weighted by atomic mass is 9.87. The molecule has 0 radical (unpaired) electrons. The predicted molar refractivity (Wildman–Crippen MR) is 158 cm³/mol. The summed E-state index contributed by atoms with van der Waals surface area (Å²) in [6.45, 7) is 6.25. The SMILES string of the molecule is CC(C)(C)NC(=O)[C@@H](Cc1ccccc1)N(Cc1ccccc1)C(=O)CC(c1ccccc1)c1ccccc1. The molecular formula is C35H38N2O2. The molecule has 4 aromatic rings. The van der Waals surface area contributed by atoms with Gasteiger partial charge in [-0.05, 0) is 43.0 Å². The summed E-state index contributed by atoms with van der Waals surface area (Å²) in [4.78, 5) is 30.0. The molecule has 0 unspecified atom stereocenters. The standard InChI is InChI=1S/C35H38N2O2/c1-35(2,3)36-34(39)32(24-27-16-8-4-9-17-27)37(26-28-18-10-5-11-19-28)33(38)25-31(29-20-12-6-13-21-29)30-22-14-7-15-23-30/h4-23,31-32H,24-26H2,1-3H3,(H,36,39)/t32-/m1/s1. The first-order valence-corrected chi connectivity index (χ1v) is 13.6. The van der Waals surface area contributed by atoms with Gasteiger partial charge in [0.15, 0.2) is 0 Å². The molecule has 1 N–H and O–H groups in total. The van der Waals surface area contributed by atoms with Crippen LogP contribution in [0.2, 0.25) is 0 Å². The van der Waals surface area contributed by atoms with Crippen LogP contribution < -0.4 is 5.32 Å². The molecule has 4 rings (SSSR count).